The van der Waals surface area contributed by atoms with E-state index in [2.05, 4.69) is 37.8 Å². The summed E-state index contributed by atoms with van der Waals surface area (Å²) in [5, 5.41) is 0.772. The molecular formula is C14H21Cl2NO. The fourth-order valence-corrected chi connectivity index (χ4v) is 2.44. The molecule has 1 saturated heterocycles. The number of halogens is 2. The number of ether oxygens (including phenoxy) is 1. The van der Waals surface area contributed by atoms with Crippen LogP contribution in [0.5, 0.6) is 0 Å². The zero-order valence-electron chi connectivity index (χ0n) is 11.1. The minimum absolute atomic E-state index is 0. The van der Waals surface area contributed by atoms with E-state index in [1.807, 2.05) is 12.1 Å². The van der Waals surface area contributed by atoms with Crippen LogP contribution >= 0.6 is 24.0 Å². The second-order valence-corrected chi connectivity index (χ2v) is 5.59. The van der Waals surface area contributed by atoms with Crippen LogP contribution in [0.3, 0.4) is 0 Å². The van der Waals surface area contributed by atoms with Crippen molar-refractivity contribution in [1.29, 1.82) is 0 Å². The first-order chi connectivity index (χ1) is 8.01. The van der Waals surface area contributed by atoms with E-state index in [9.17, 15) is 0 Å². The first-order valence-electron chi connectivity index (χ1n) is 6.15. The van der Waals surface area contributed by atoms with E-state index < -0.39 is 0 Å². The van der Waals surface area contributed by atoms with Crippen molar-refractivity contribution >= 4 is 24.0 Å². The van der Waals surface area contributed by atoms with Gasteiger partial charge in [-0.3, -0.25) is 4.90 Å². The van der Waals surface area contributed by atoms with E-state index in [4.69, 9.17) is 16.3 Å². The Kier molecular flexibility index (Phi) is 5.47. The number of hydrogen-bond acceptors (Lipinski definition) is 2. The number of hydrogen-bond donors (Lipinski definition) is 0. The van der Waals surface area contributed by atoms with Gasteiger partial charge in [-0.1, -0.05) is 23.7 Å². The Balaban J connectivity index is 0.00000162. The quantitative estimate of drug-likeness (QED) is 0.823. The van der Waals surface area contributed by atoms with Crippen molar-refractivity contribution < 1.29 is 4.74 Å². The third kappa shape index (κ3) is 3.39. The Labute approximate surface area is 121 Å². The van der Waals surface area contributed by atoms with Gasteiger partial charge >= 0.3 is 0 Å². The zero-order valence-corrected chi connectivity index (χ0v) is 12.7. The van der Waals surface area contributed by atoms with E-state index in [-0.39, 0.29) is 18.0 Å². The summed E-state index contributed by atoms with van der Waals surface area (Å²) in [6.07, 6.45) is 0. The van der Waals surface area contributed by atoms with E-state index in [0.717, 1.165) is 24.7 Å². The van der Waals surface area contributed by atoms with Crippen molar-refractivity contribution in [2.45, 2.75) is 32.4 Å². The summed E-state index contributed by atoms with van der Waals surface area (Å²) in [4.78, 5) is 2.46. The summed E-state index contributed by atoms with van der Waals surface area (Å²) in [7, 11) is 0. The van der Waals surface area contributed by atoms with Crippen LogP contribution in [0, 0.1) is 0 Å². The van der Waals surface area contributed by atoms with Crippen LogP contribution < -0.4 is 0 Å². The normalized spacial score (nSPS) is 24.9. The highest BCUT2D eigenvalue weighted by atomic mass is 35.5. The van der Waals surface area contributed by atoms with Crippen LogP contribution in [0.1, 0.15) is 26.3 Å². The van der Waals surface area contributed by atoms with Crippen LogP contribution in [0.4, 0.5) is 0 Å². The molecule has 2 rings (SSSR count). The second-order valence-electron chi connectivity index (χ2n) is 5.15. The Morgan fingerprint density at radius 2 is 1.89 bits per heavy atom. The third-order valence-electron chi connectivity index (χ3n) is 3.49. The molecule has 0 aliphatic carbocycles. The van der Waals surface area contributed by atoms with Crippen molar-refractivity contribution in [2.24, 2.45) is 0 Å². The smallest absolute Gasteiger partial charge is 0.103 e. The highest BCUT2D eigenvalue weighted by molar-refractivity contribution is 6.30. The van der Waals surface area contributed by atoms with Crippen molar-refractivity contribution in [3.05, 3.63) is 34.9 Å². The molecule has 1 atom stereocenters. The SMILES string of the molecule is CC(C)N1CCOC(C)(c2ccc(Cl)cc2)C1.Cl. The van der Waals surface area contributed by atoms with Crippen molar-refractivity contribution in [2.75, 3.05) is 19.7 Å². The summed E-state index contributed by atoms with van der Waals surface area (Å²) < 4.78 is 5.99. The molecule has 4 heteroatoms. The van der Waals surface area contributed by atoms with Crippen LogP contribution in [-0.2, 0) is 10.3 Å². The van der Waals surface area contributed by atoms with Gasteiger partial charge in [0.2, 0.25) is 0 Å². The predicted octanol–water partition coefficient (Wildman–Crippen LogP) is 3.72. The molecule has 2 nitrogen and oxygen atoms in total. The molecule has 1 aromatic rings. The number of rotatable bonds is 2. The molecule has 1 aromatic carbocycles. The van der Waals surface area contributed by atoms with Gasteiger partial charge in [0.1, 0.15) is 5.60 Å². The molecule has 0 amide bonds. The molecule has 18 heavy (non-hydrogen) atoms. The maximum Gasteiger partial charge on any atom is 0.103 e. The average Bonchev–Trinajstić information content (AvgIpc) is 2.29. The van der Waals surface area contributed by atoms with Crippen molar-refractivity contribution in [3.63, 3.8) is 0 Å². The first-order valence-corrected chi connectivity index (χ1v) is 6.53. The zero-order chi connectivity index (χ0) is 12.5. The number of morpholine rings is 1. The molecule has 0 N–H and O–H groups in total. The Bertz CT molecular complexity index is 380. The third-order valence-corrected chi connectivity index (χ3v) is 3.74. The maximum atomic E-state index is 5.99. The highest BCUT2D eigenvalue weighted by Crippen LogP contribution is 2.30. The van der Waals surface area contributed by atoms with Gasteiger partial charge in [0.25, 0.3) is 0 Å². The van der Waals surface area contributed by atoms with Gasteiger partial charge in [0, 0.05) is 24.2 Å². The fourth-order valence-electron chi connectivity index (χ4n) is 2.32. The van der Waals surface area contributed by atoms with Crippen LogP contribution in [0.25, 0.3) is 0 Å². The molecule has 0 saturated carbocycles. The summed E-state index contributed by atoms with van der Waals surface area (Å²) in [5.74, 6) is 0. The number of nitrogens with zero attached hydrogens (tertiary/aromatic N) is 1. The first kappa shape index (κ1) is 15.8. The molecule has 1 fully saturated rings. The minimum Gasteiger partial charge on any atom is -0.368 e. The van der Waals surface area contributed by atoms with Gasteiger partial charge in [-0.15, -0.1) is 12.4 Å². The van der Waals surface area contributed by atoms with Crippen molar-refractivity contribution in [3.8, 4) is 0 Å². The van der Waals surface area contributed by atoms with E-state index in [0.29, 0.717) is 6.04 Å². The Hall–Kier alpha value is -0.280. The van der Waals surface area contributed by atoms with E-state index >= 15 is 0 Å². The molecule has 0 bridgehead atoms. The van der Waals surface area contributed by atoms with Gasteiger partial charge in [0.15, 0.2) is 0 Å². The summed E-state index contributed by atoms with van der Waals surface area (Å²) >= 11 is 5.92. The highest BCUT2D eigenvalue weighted by Gasteiger charge is 2.34. The molecule has 0 aromatic heterocycles. The summed E-state index contributed by atoms with van der Waals surface area (Å²) in [5.41, 5.74) is 0.986. The van der Waals surface area contributed by atoms with Crippen LogP contribution in [0.15, 0.2) is 24.3 Å². The summed E-state index contributed by atoms with van der Waals surface area (Å²) in [6.45, 7) is 9.36. The van der Waals surface area contributed by atoms with Gasteiger partial charge in [0.05, 0.1) is 6.61 Å². The predicted molar refractivity (Wildman–Crippen MR) is 78.7 cm³/mol. The maximum absolute atomic E-state index is 5.99. The standard InChI is InChI=1S/C14H20ClNO.ClH/c1-11(2)16-8-9-17-14(3,10-16)12-4-6-13(15)7-5-12;/h4-7,11H,8-10H2,1-3H3;1H. The van der Waals surface area contributed by atoms with Crippen LogP contribution in [-0.4, -0.2) is 30.6 Å². The van der Waals surface area contributed by atoms with Gasteiger partial charge < -0.3 is 4.74 Å². The van der Waals surface area contributed by atoms with Gasteiger partial charge in [-0.2, -0.15) is 0 Å². The molecule has 102 valence electrons. The molecule has 1 unspecified atom stereocenters. The van der Waals surface area contributed by atoms with Crippen molar-refractivity contribution in [1.82, 2.24) is 4.90 Å². The fraction of sp³-hybridized carbons (Fsp3) is 0.571. The molecular weight excluding hydrogens is 269 g/mol. The lowest BCUT2D eigenvalue weighted by Crippen LogP contribution is -2.50. The second kappa shape index (κ2) is 6.25. The number of benzene rings is 1. The summed E-state index contributed by atoms with van der Waals surface area (Å²) in [6, 6.07) is 8.54. The average molecular weight is 290 g/mol. The lowest BCUT2D eigenvalue weighted by atomic mass is 9.93. The molecule has 1 heterocycles. The van der Waals surface area contributed by atoms with Gasteiger partial charge in [-0.25, -0.2) is 0 Å². The van der Waals surface area contributed by atoms with Crippen LogP contribution in [0.2, 0.25) is 5.02 Å². The molecule has 1 aliphatic rings. The van der Waals surface area contributed by atoms with Gasteiger partial charge in [-0.05, 0) is 38.5 Å². The molecule has 0 radical (unpaired) electrons. The van der Waals surface area contributed by atoms with E-state index in [1.54, 1.807) is 0 Å². The lowest BCUT2D eigenvalue weighted by Gasteiger charge is -2.42. The topological polar surface area (TPSA) is 12.5 Å². The van der Waals surface area contributed by atoms with E-state index in [1.165, 1.54) is 5.56 Å². The molecule has 1 aliphatic heterocycles. The molecule has 0 spiro atoms. The lowest BCUT2D eigenvalue weighted by molar-refractivity contribution is -0.110. The largest absolute Gasteiger partial charge is 0.368 e. The Morgan fingerprint density at radius 3 is 2.44 bits per heavy atom. The minimum atomic E-state index is -0.215. The Morgan fingerprint density at radius 1 is 1.28 bits per heavy atom. The monoisotopic (exact) mass is 289 g/mol.